The van der Waals surface area contributed by atoms with Gasteiger partial charge in [0.1, 0.15) is 0 Å². The summed E-state index contributed by atoms with van der Waals surface area (Å²) in [5, 5.41) is 3.13. The summed E-state index contributed by atoms with van der Waals surface area (Å²) in [6.07, 6.45) is 1.80. The third-order valence-corrected chi connectivity index (χ3v) is 6.27. The summed E-state index contributed by atoms with van der Waals surface area (Å²) in [7, 11) is 2.17. The molecule has 0 bridgehead atoms. The number of anilines is 3. The van der Waals surface area contributed by atoms with E-state index in [0.717, 1.165) is 57.8 Å². The Morgan fingerprint density at radius 1 is 0.793 bits per heavy atom. The lowest BCUT2D eigenvalue weighted by Gasteiger charge is -2.34. The lowest BCUT2D eigenvalue weighted by molar-refractivity contribution is -0.120. The first-order valence-electron chi connectivity index (χ1n) is 10.7. The summed E-state index contributed by atoms with van der Waals surface area (Å²) in [5.74, 6) is 0.245. The number of likely N-dealkylation sites (N-methyl/N-ethyl adjacent to an activating group) is 1. The van der Waals surface area contributed by atoms with E-state index in [-0.39, 0.29) is 11.8 Å². The Labute approximate surface area is 174 Å². The third-order valence-electron chi connectivity index (χ3n) is 6.27. The van der Waals surface area contributed by atoms with Crippen molar-refractivity contribution in [1.29, 1.82) is 0 Å². The lowest BCUT2D eigenvalue weighted by Crippen LogP contribution is -2.44. The fraction of sp³-hybridized carbons (Fsp3) is 0.458. The maximum atomic E-state index is 12.7. The van der Waals surface area contributed by atoms with Crippen LogP contribution in [0.25, 0.3) is 0 Å². The maximum absolute atomic E-state index is 12.7. The van der Waals surface area contributed by atoms with E-state index in [2.05, 4.69) is 70.4 Å². The van der Waals surface area contributed by atoms with E-state index in [4.69, 9.17) is 0 Å². The minimum atomic E-state index is 0.0917. The predicted molar refractivity (Wildman–Crippen MR) is 121 cm³/mol. The number of rotatable bonds is 4. The van der Waals surface area contributed by atoms with Crippen molar-refractivity contribution in [2.24, 2.45) is 5.92 Å². The number of aryl methyl sites for hydroxylation is 1. The molecule has 0 aliphatic carbocycles. The van der Waals surface area contributed by atoms with E-state index in [1.807, 2.05) is 12.1 Å². The van der Waals surface area contributed by atoms with Gasteiger partial charge in [-0.25, -0.2) is 0 Å². The highest BCUT2D eigenvalue weighted by atomic mass is 16.1. The van der Waals surface area contributed by atoms with Gasteiger partial charge in [-0.3, -0.25) is 4.79 Å². The first kappa shape index (κ1) is 19.8. The molecule has 2 aliphatic heterocycles. The second-order valence-corrected chi connectivity index (χ2v) is 8.42. The molecule has 5 heteroatoms. The van der Waals surface area contributed by atoms with Crippen molar-refractivity contribution in [1.82, 2.24) is 4.90 Å². The van der Waals surface area contributed by atoms with Crippen molar-refractivity contribution in [3.8, 4) is 0 Å². The first-order valence-corrected chi connectivity index (χ1v) is 10.7. The largest absolute Gasteiger partial charge is 0.371 e. The Bertz CT molecular complexity index is 802. The van der Waals surface area contributed by atoms with Crippen LogP contribution in [0.3, 0.4) is 0 Å². The summed E-state index contributed by atoms with van der Waals surface area (Å²) in [5.41, 5.74) is 4.67. The standard InChI is InChI=1S/C24H32N4O/c1-19-3-7-22(8-4-19)27-13-11-20(12-14-27)24(29)25-21-5-9-23(10-6-21)28-17-15-26(2)16-18-28/h3-10,20H,11-18H2,1-2H3,(H,25,29). The van der Waals surface area contributed by atoms with Crippen LogP contribution in [0.2, 0.25) is 0 Å². The molecule has 0 unspecified atom stereocenters. The normalized spacial score (nSPS) is 18.7. The van der Waals surface area contributed by atoms with E-state index in [1.165, 1.54) is 16.9 Å². The van der Waals surface area contributed by atoms with Gasteiger partial charge in [0.25, 0.3) is 0 Å². The van der Waals surface area contributed by atoms with Crippen LogP contribution in [-0.2, 0) is 4.79 Å². The van der Waals surface area contributed by atoms with Crippen LogP contribution >= 0.6 is 0 Å². The highest BCUT2D eigenvalue weighted by Crippen LogP contribution is 2.25. The van der Waals surface area contributed by atoms with Crippen molar-refractivity contribution in [2.45, 2.75) is 19.8 Å². The zero-order chi connectivity index (χ0) is 20.2. The third kappa shape index (κ3) is 4.91. The molecule has 0 radical (unpaired) electrons. The predicted octanol–water partition coefficient (Wildman–Crippen LogP) is 3.60. The Hall–Kier alpha value is -2.53. The topological polar surface area (TPSA) is 38.8 Å². The summed E-state index contributed by atoms with van der Waals surface area (Å²) >= 11 is 0. The van der Waals surface area contributed by atoms with E-state index in [0.29, 0.717) is 0 Å². The number of piperazine rings is 1. The van der Waals surface area contributed by atoms with Gasteiger partial charge in [-0.05, 0) is 63.2 Å². The molecule has 2 heterocycles. The molecule has 2 aromatic carbocycles. The van der Waals surface area contributed by atoms with Crippen LogP contribution in [0.4, 0.5) is 17.1 Å². The van der Waals surface area contributed by atoms with Gasteiger partial charge in [0.15, 0.2) is 0 Å². The van der Waals surface area contributed by atoms with Crippen molar-refractivity contribution in [2.75, 3.05) is 61.4 Å². The Balaban J connectivity index is 1.28. The minimum absolute atomic E-state index is 0.0917. The SMILES string of the molecule is Cc1ccc(N2CCC(C(=O)Nc3ccc(N4CCN(C)CC4)cc3)CC2)cc1. The van der Waals surface area contributed by atoms with E-state index >= 15 is 0 Å². The molecule has 5 nitrogen and oxygen atoms in total. The molecular weight excluding hydrogens is 360 g/mol. The molecule has 1 amide bonds. The Morgan fingerprint density at radius 3 is 1.90 bits per heavy atom. The Kier molecular flexibility index (Phi) is 6.05. The van der Waals surface area contributed by atoms with Crippen LogP contribution in [0, 0.1) is 12.8 Å². The van der Waals surface area contributed by atoms with Crippen LogP contribution in [0.15, 0.2) is 48.5 Å². The molecule has 2 saturated heterocycles. The van der Waals surface area contributed by atoms with Gasteiger partial charge in [0.05, 0.1) is 0 Å². The van der Waals surface area contributed by atoms with Gasteiger partial charge in [0.2, 0.25) is 5.91 Å². The first-order chi connectivity index (χ1) is 14.1. The average molecular weight is 393 g/mol. The second-order valence-electron chi connectivity index (χ2n) is 8.42. The molecule has 0 atom stereocenters. The van der Waals surface area contributed by atoms with Gasteiger partial charge in [0, 0.05) is 62.2 Å². The van der Waals surface area contributed by atoms with Crippen molar-refractivity contribution < 1.29 is 4.79 Å². The van der Waals surface area contributed by atoms with Crippen molar-refractivity contribution >= 4 is 23.0 Å². The molecule has 2 aliphatic rings. The second kappa shape index (κ2) is 8.87. The number of hydrogen-bond donors (Lipinski definition) is 1. The molecular formula is C24H32N4O. The molecule has 0 spiro atoms. The molecule has 2 aromatic rings. The maximum Gasteiger partial charge on any atom is 0.227 e. The molecule has 4 rings (SSSR count). The lowest BCUT2D eigenvalue weighted by atomic mass is 9.95. The number of carbonyl (C=O) groups is 1. The van der Waals surface area contributed by atoms with Crippen LogP contribution in [0.5, 0.6) is 0 Å². The molecule has 2 fully saturated rings. The highest BCUT2D eigenvalue weighted by molar-refractivity contribution is 5.92. The average Bonchev–Trinajstić information content (AvgIpc) is 2.76. The van der Waals surface area contributed by atoms with E-state index in [9.17, 15) is 4.79 Å². The Morgan fingerprint density at radius 2 is 1.31 bits per heavy atom. The van der Waals surface area contributed by atoms with Crippen molar-refractivity contribution in [3.63, 3.8) is 0 Å². The van der Waals surface area contributed by atoms with Crippen molar-refractivity contribution in [3.05, 3.63) is 54.1 Å². The monoisotopic (exact) mass is 392 g/mol. The van der Waals surface area contributed by atoms with Gasteiger partial charge in [-0.2, -0.15) is 0 Å². The quantitative estimate of drug-likeness (QED) is 0.863. The zero-order valence-electron chi connectivity index (χ0n) is 17.6. The number of hydrogen-bond acceptors (Lipinski definition) is 4. The highest BCUT2D eigenvalue weighted by Gasteiger charge is 2.25. The summed E-state index contributed by atoms with van der Waals surface area (Å²) in [6.45, 7) is 8.29. The fourth-order valence-corrected chi connectivity index (χ4v) is 4.22. The number of benzene rings is 2. The molecule has 154 valence electrons. The van der Waals surface area contributed by atoms with Crippen LogP contribution < -0.4 is 15.1 Å². The van der Waals surface area contributed by atoms with E-state index < -0.39 is 0 Å². The minimum Gasteiger partial charge on any atom is -0.371 e. The summed E-state index contributed by atoms with van der Waals surface area (Å²) < 4.78 is 0. The summed E-state index contributed by atoms with van der Waals surface area (Å²) in [4.78, 5) is 19.9. The number of carbonyl (C=O) groups excluding carboxylic acids is 1. The number of piperidine rings is 1. The van der Waals surface area contributed by atoms with Gasteiger partial charge < -0.3 is 20.0 Å². The van der Waals surface area contributed by atoms with Crippen LogP contribution in [0.1, 0.15) is 18.4 Å². The number of nitrogens with zero attached hydrogens (tertiary/aromatic N) is 3. The smallest absolute Gasteiger partial charge is 0.227 e. The van der Waals surface area contributed by atoms with Gasteiger partial charge >= 0.3 is 0 Å². The summed E-state index contributed by atoms with van der Waals surface area (Å²) in [6, 6.07) is 17.0. The molecule has 0 saturated carbocycles. The molecule has 1 N–H and O–H groups in total. The number of amides is 1. The number of nitrogens with one attached hydrogen (secondary N) is 1. The molecule has 29 heavy (non-hydrogen) atoms. The van der Waals surface area contributed by atoms with Gasteiger partial charge in [-0.1, -0.05) is 17.7 Å². The fourth-order valence-electron chi connectivity index (χ4n) is 4.22. The van der Waals surface area contributed by atoms with E-state index in [1.54, 1.807) is 0 Å². The van der Waals surface area contributed by atoms with Gasteiger partial charge in [-0.15, -0.1) is 0 Å². The zero-order valence-corrected chi connectivity index (χ0v) is 17.6. The van der Waals surface area contributed by atoms with Crippen LogP contribution in [-0.4, -0.2) is 57.1 Å². The molecule has 0 aromatic heterocycles.